The molecule has 2 bridgehead atoms. The van der Waals surface area contributed by atoms with Gasteiger partial charge in [0.2, 0.25) is 5.91 Å². The normalized spacial score (nSPS) is 29.7. The summed E-state index contributed by atoms with van der Waals surface area (Å²) in [7, 11) is 0. The van der Waals surface area contributed by atoms with Crippen LogP contribution in [0.2, 0.25) is 0 Å². The molecule has 5 heteroatoms. The second-order valence-electron chi connectivity index (χ2n) is 7.33. The Morgan fingerprint density at radius 2 is 2.13 bits per heavy atom. The lowest BCUT2D eigenvalue weighted by molar-refractivity contribution is -0.117. The van der Waals surface area contributed by atoms with Crippen LogP contribution in [-0.4, -0.2) is 37.1 Å². The fourth-order valence-electron chi connectivity index (χ4n) is 4.63. The van der Waals surface area contributed by atoms with E-state index in [2.05, 4.69) is 26.6 Å². The van der Waals surface area contributed by atoms with Gasteiger partial charge < -0.3 is 15.5 Å². The first-order chi connectivity index (χ1) is 11.3. The number of fused-ring (bicyclic) bond motifs is 2. The molecule has 2 aliphatic carbocycles. The van der Waals surface area contributed by atoms with Crippen molar-refractivity contribution in [3.63, 3.8) is 0 Å². The van der Waals surface area contributed by atoms with Gasteiger partial charge in [0.05, 0.1) is 11.9 Å². The molecule has 3 fully saturated rings. The van der Waals surface area contributed by atoms with Gasteiger partial charge in [0.25, 0.3) is 0 Å². The molecule has 23 heavy (non-hydrogen) atoms. The minimum Gasteiger partial charge on any atom is -0.368 e. The van der Waals surface area contributed by atoms with Crippen LogP contribution in [0, 0.1) is 17.8 Å². The summed E-state index contributed by atoms with van der Waals surface area (Å²) in [6.45, 7) is 4.05. The van der Waals surface area contributed by atoms with Crippen molar-refractivity contribution in [3.05, 3.63) is 18.3 Å². The van der Waals surface area contributed by atoms with E-state index in [9.17, 15) is 4.79 Å². The molecule has 1 aromatic rings. The molecular weight excluding hydrogens is 288 g/mol. The van der Waals surface area contributed by atoms with Crippen LogP contribution in [0.3, 0.4) is 0 Å². The van der Waals surface area contributed by atoms with Crippen LogP contribution in [0.1, 0.15) is 32.1 Å². The second kappa shape index (κ2) is 6.48. The Labute approximate surface area is 137 Å². The zero-order valence-electron chi connectivity index (χ0n) is 13.6. The van der Waals surface area contributed by atoms with Crippen LogP contribution >= 0.6 is 0 Å². The monoisotopic (exact) mass is 314 g/mol. The van der Waals surface area contributed by atoms with E-state index < -0.39 is 0 Å². The molecule has 1 amide bonds. The van der Waals surface area contributed by atoms with Crippen molar-refractivity contribution in [2.75, 3.05) is 36.4 Å². The Hall–Kier alpha value is -1.62. The van der Waals surface area contributed by atoms with Crippen molar-refractivity contribution in [2.45, 2.75) is 32.1 Å². The highest BCUT2D eigenvalue weighted by Gasteiger charge is 2.40. The van der Waals surface area contributed by atoms with Crippen LogP contribution in [0.25, 0.3) is 0 Å². The Morgan fingerprint density at radius 1 is 1.26 bits per heavy atom. The maximum absolute atomic E-state index is 12.3. The molecule has 3 atom stereocenters. The van der Waals surface area contributed by atoms with Gasteiger partial charge in [-0.1, -0.05) is 6.42 Å². The third-order valence-electron chi connectivity index (χ3n) is 5.83. The van der Waals surface area contributed by atoms with E-state index in [4.69, 9.17) is 0 Å². The van der Waals surface area contributed by atoms with E-state index in [1.165, 1.54) is 25.7 Å². The van der Waals surface area contributed by atoms with Gasteiger partial charge >= 0.3 is 0 Å². The van der Waals surface area contributed by atoms with E-state index in [0.29, 0.717) is 18.2 Å². The van der Waals surface area contributed by atoms with Gasteiger partial charge in [0, 0.05) is 32.6 Å². The largest absolute Gasteiger partial charge is 0.368 e. The van der Waals surface area contributed by atoms with E-state index in [0.717, 1.165) is 43.7 Å². The standard InChI is InChI=1S/C18H26N4O/c23-18(11-15-10-13-1-2-14(15)9-13)21-17-4-3-16(12-20-17)22-7-5-19-6-8-22/h3-4,12-15,19H,1-2,5-11H2,(H,20,21,23). The summed E-state index contributed by atoms with van der Waals surface area (Å²) < 4.78 is 0. The minimum absolute atomic E-state index is 0.130. The molecule has 124 valence electrons. The first-order valence-electron chi connectivity index (χ1n) is 8.99. The number of amides is 1. The van der Waals surface area contributed by atoms with Gasteiger partial charge in [-0.15, -0.1) is 0 Å². The molecular formula is C18H26N4O. The highest BCUT2D eigenvalue weighted by Crippen LogP contribution is 2.49. The van der Waals surface area contributed by atoms with Crippen LogP contribution in [-0.2, 0) is 4.79 Å². The molecule has 1 aliphatic heterocycles. The average molecular weight is 314 g/mol. The fourth-order valence-corrected chi connectivity index (χ4v) is 4.63. The number of nitrogens with zero attached hydrogens (tertiary/aromatic N) is 2. The van der Waals surface area contributed by atoms with E-state index >= 15 is 0 Å². The van der Waals surface area contributed by atoms with Crippen molar-refractivity contribution in [1.82, 2.24) is 10.3 Å². The average Bonchev–Trinajstić information content (AvgIpc) is 3.19. The molecule has 3 unspecified atom stereocenters. The number of carbonyl (C=O) groups is 1. The number of hydrogen-bond acceptors (Lipinski definition) is 4. The van der Waals surface area contributed by atoms with Crippen molar-refractivity contribution in [1.29, 1.82) is 0 Å². The van der Waals surface area contributed by atoms with Gasteiger partial charge in [-0.2, -0.15) is 0 Å². The molecule has 1 saturated heterocycles. The second-order valence-corrected chi connectivity index (χ2v) is 7.33. The molecule has 3 aliphatic rings. The van der Waals surface area contributed by atoms with E-state index in [1.54, 1.807) is 0 Å². The Kier molecular flexibility index (Phi) is 4.21. The molecule has 1 aromatic heterocycles. The molecule has 0 radical (unpaired) electrons. The van der Waals surface area contributed by atoms with Gasteiger partial charge in [-0.25, -0.2) is 4.98 Å². The van der Waals surface area contributed by atoms with E-state index in [-0.39, 0.29) is 5.91 Å². The van der Waals surface area contributed by atoms with Crippen molar-refractivity contribution in [2.24, 2.45) is 17.8 Å². The number of rotatable bonds is 4. The van der Waals surface area contributed by atoms with Gasteiger partial charge in [-0.05, 0) is 49.1 Å². The zero-order chi connectivity index (χ0) is 15.6. The molecule has 4 rings (SSSR count). The molecule has 2 saturated carbocycles. The number of anilines is 2. The van der Waals surface area contributed by atoms with Crippen LogP contribution in [0.4, 0.5) is 11.5 Å². The first kappa shape index (κ1) is 14.9. The highest BCUT2D eigenvalue weighted by molar-refractivity contribution is 5.90. The van der Waals surface area contributed by atoms with Crippen LogP contribution < -0.4 is 15.5 Å². The van der Waals surface area contributed by atoms with Gasteiger partial charge in [-0.3, -0.25) is 4.79 Å². The van der Waals surface area contributed by atoms with Gasteiger partial charge in [0.1, 0.15) is 5.82 Å². The summed E-state index contributed by atoms with van der Waals surface area (Å²) >= 11 is 0. The van der Waals surface area contributed by atoms with E-state index in [1.807, 2.05) is 12.3 Å². The Bertz CT molecular complexity index is 553. The van der Waals surface area contributed by atoms with Crippen molar-refractivity contribution < 1.29 is 4.79 Å². The summed E-state index contributed by atoms with van der Waals surface area (Å²) in [5.41, 5.74) is 1.14. The Balaban J connectivity index is 1.30. The summed E-state index contributed by atoms with van der Waals surface area (Å²) in [5, 5.41) is 6.33. The molecule has 2 N–H and O–H groups in total. The number of hydrogen-bond donors (Lipinski definition) is 2. The number of nitrogens with one attached hydrogen (secondary N) is 2. The summed E-state index contributed by atoms with van der Waals surface area (Å²) in [4.78, 5) is 19.0. The molecule has 2 heterocycles. The summed E-state index contributed by atoms with van der Waals surface area (Å²) in [6.07, 6.45) is 7.88. The van der Waals surface area contributed by atoms with Crippen LogP contribution in [0.5, 0.6) is 0 Å². The van der Waals surface area contributed by atoms with Crippen molar-refractivity contribution in [3.8, 4) is 0 Å². The number of piperazine rings is 1. The minimum atomic E-state index is 0.130. The topological polar surface area (TPSA) is 57.3 Å². The number of aromatic nitrogens is 1. The number of pyridine rings is 1. The summed E-state index contributed by atoms with van der Waals surface area (Å²) in [6, 6.07) is 3.99. The lowest BCUT2D eigenvalue weighted by atomic mass is 9.86. The number of carbonyl (C=O) groups excluding carboxylic acids is 1. The molecule has 0 spiro atoms. The van der Waals surface area contributed by atoms with Crippen LogP contribution in [0.15, 0.2) is 18.3 Å². The first-order valence-corrected chi connectivity index (χ1v) is 8.99. The van der Waals surface area contributed by atoms with Crippen molar-refractivity contribution >= 4 is 17.4 Å². The van der Waals surface area contributed by atoms with Gasteiger partial charge in [0.15, 0.2) is 0 Å². The smallest absolute Gasteiger partial charge is 0.225 e. The Morgan fingerprint density at radius 3 is 2.78 bits per heavy atom. The maximum Gasteiger partial charge on any atom is 0.225 e. The highest BCUT2D eigenvalue weighted by atomic mass is 16.1. The lowest BCUT2D eigenvalue weighted by Crippen LogP contribution is -2.43. The maximum atomic E-state index is 12.3. The SMILES string of the molecule is O=C(CC1CC2CCC1C2)Nc1ccc(N2CCNCC2)cn1. The lowest BCUT2D eigenvalue weighted by Gasteiger charge is -2.29. The molecule has 0 aromatic carbocycles. The predicted octanol–water partition coefficient (Wildman–Crippen LogP) is 2.26. The quantitative estimate of drug-likeness (QED) is 0.895. The third kappa shape index (κ3) is 3.34. The molecule has 5 nitrogen and oxygen atoms in total. The zero-order valence-corrected chi connectivity index (χ0v) is 13.6. The predicted molar refractivity (Wildman–Crippen MR) is 91.5 cm³/mol. The summed E-state index contributed by atoms with van der Waals surface area (Å²) in [5.74, 6) is 3.11. The fraction of sp³-hybridized carbons (Fsp3) is 0.667. The third-order valence-corrected chi connectivity index (χ3v) is 5.83.